The minimum Gasteiger partial charge on any atom is -0.508 e. The number of nitrogens with zero attached hydrogens (tertiary/aromatic N) is 5. The molecule has 3 aromatic carbocycles. The molecule has 0 spiro atoms. The Bertz CT molecular complexity index is 4990. The van der Waals surface area contributed by atoms with E-state index < -0.39 is 247 Å². The molecule has 0 radical (unpaired) electrons. The second-order valence-corrected chi connectivity index (χ2v) is 34.1. The van der Waals surface area contributed by atoms with E-state index in [1.54, 1.807) is 60.9 Å². The number of thioether (sulfide) groups is 1. The zero-order valence-corrected chi connectivity index (χ0v) is 75.5. The number of carboxylic acids is 1. The summed E-state index contributed by atoms with van der Waals surface area (Å²) < 4.78 is 0. The summed E-state index contributed by atoms with van der Waals surface area (Å²) in [7, 11) is 3.86. The molecular weight excluding hydrogens is 1740 g/mol. The van der Waals surface area contributed by atoms with Crippen LogP contribution in [0, 0.1) is 5.41 Å². The van der Waals surface area contributed by atoms with E-state index in [9.17, 15) is 72.9 Å². The molecule has 14 atom stereocenters. The van der Waals surface area contributed by atoms with E-state index in [0.29, 0.717) is 64.2 Å². The zero-order valence-electron chi connectivity index (χ0n) is 74.7. The Kier molecular flexibility index (Phi) is 39.4. The maximum absolute atomic E-state index is 15.7. The van der Waals surface area contributed by atoms with Crippen LogP contribution in [-0.2, 0) is 106 Å². The van der Waals surface area contributed by atoms with Crippen LogP contribution < -0.4 is 81.4 Å². The number of likely N-dealkylation sites (N-methyl/N-ethyl adjacent to an activating group) is 3. The Morgan fingerprint density at radius 1 is 0.508 bits per heavy atom. The van der Waals surface area contributed by atoms with Crippen molar-refractivity contribution in [2.24, 2.45) is 22.9 Å². The number of carboxylic acid groups (broad SMARTS) is 1. The number of aliphatic hydroxyl groups is 1. The van der Waals surface area contributed by atoms with Crippen molar-refractivity contribution < 1.29 is 102 Å². The summed E-state index contributed by atoms with van der Waals surface area (Å²) in [6.45, 7) is 2.08. The van der Waals surface area contributed by atoms with Crippen molar-refractivity contribution >= 4 is 146 Å². The first-order valence-corrected chi connectivity index (χ1v) is 45.1. The number of rotatable bonds is 26. The van der Waals surface area contributed by atoms with Crippen molar-refractivity contribution in [2.75, 3.05) is 72.0 Å². The Morgan fingerprint density at radius 3 is 1.56 bits per heavy atom. The number of hydrogen-bond donors (Lipinski definition) is 21. The van der Waals surface area contributed by atoms with Gasteiger partial charge in [-0.15, -0.1) is 11.8 Å². The molecule has 3 saturated heterocycles. The molecule has 3 aliphatic heterocycles. The number of phenolic OH excluding ortho intramolecular Hbond substituents is 1. The molecule has 0 bridgehead atoms. The number of phenols is 1. The van der Waals surface area contributed by atoms with Gasteiger partial charge >= 0.3 is 5.97 Å². The summed E-state index contributed by atoms with van der Waals surface area (Å²) in [5, 5.41) is 68.8. The van der Waals surface area contributed by atoms with Gasteiger partial charge in [0, 0.05) is 113 Å². The number of guanidine groups is 1. The number of nitrogens with one attached hydrogen (secondary N) is 14. The number of carbonyl (C=O) groups excluding carboxylic acids is 17. The van der Waals surface area contributed by atoms with Crippen molar-refractivity contribution in [2.45, 2.75) is 221 Å². The number of fused-ring (bicyclic) bond motifs is 4. The summed E-state index contributed by atoms with van der Waals surface area (Å²) in [5.74, 6) is -19.6. The van der Waals surface area contributed by atoms with Gasteiger partial charge in [0.1, 0.15) is 90.3 Å². The van der Waals surface area contributed by atoms with Crippen LogP contribution in [0.15, 0.2) is 85.2 Å². The SMILES string of the molecule is CCCCC1C(=O)NC(CCCNC(=N)N)C(=O)N[C@H](C(=O)NCC(N)=O)CSCC(=O)NC(Cc2ccc(O)cc2)C(=O)N(C)[C@@H](C)C(=O)NC(CC(N)=O)C(=O)N2CCC[C@H]2C(=O)N[C@@H](CN)C(=O)NC(CCC(=O)O)C(=O)N2CCCC2C(=O)N[C@@H](Cc2c[nH]c3ccccc23)C(=O)N[C@@H](CO)C(=O)N[C@@H](Cc2c[nH]c3ccccc23)C(=O)N(C)[C@@H](CCCC)C(=O)N1C. The lowest BCUT2D eigenvalue weighted by atomic mass is 10.00. The molecule has 3 aliphatic rings. The van der Waals surface area contributed by atoms with Crippen molar-refractivity contribution in [3.63, 3.8) is 0 Å². The maximum Gasteiger partial charge on any atom is 0.303 e. The van der Waals surface area contributed by atoms with Gasteiger partial charge in [0.05, 0.1) is 25.3 Å². The van der Waals surface area contributed by atoms with E-state index >= 15 is 28.8 Å². The maximum atomic E-state index is 15.7. The fourth-order valence-corrected chi connectivity index (χ4v) is 16.9. The number of para-hydroxylation sites is 2. The third-order valence-electron chi connectivity index (χ3n) is 23.5. The van der Waals surface area contributed by atoms with Gasteiger partial charge < -0.3 is 131 Å². The van der Waals surface area contributed by atoms with Gasteiger partial charge in [-0.2, -0.15) is 0 Å². The van der Waals surface area contributed by atoms with Crippen LogP contribution in [-0.4, -0.2) is 319 Å². The van der Waals surface area contributed by atoms with Gasteiger partial charge in [-0.25, -0.2) is 0 Å². The predicted octanol–water partition coefficient (Wildman–Crippen LogP) is -4.09. The highest BCUT2D eigenvalue weighted by Crippen LogP contribution is 2.27. The number of aromatic nitrogens is 2. The predicted molar refractivity (Wildman–Crippen MR) is 483 cm³/mol. The van der Waals surface area contributed by atoms with Gasteiger partial charge in [-0.1, -0.05) is 88.1 Å². The number of carbonyl (C=O) groups is 18. The smallest absolute Gasteiger partial charge is 0.303 e. The number of amides is 17. The molecular formula is C87H123N23O21S. The van der Waals surface area contributed by atoms with Crippen LogP contribution in [0.25, 0.3) is 21.8 Å². The van der Waals surface area contributed by atoms with Crippen molar-refractivity contribution in [1.82, 2.24) is 93.0 Å². The Morgan fingerprint density at radius 2 is 1.00 bits per heavy atom. The van der Waals surface area contributed by atoms with Crippen molar-refractivity contribution in [1.29, 1.82) is 5.41 Å². The average Bonchev–Trinajstić information content (AvgIpc) is 1.55. The molecule has 2 aromatic heterocycles. The normalized spacial score (nSPS) is 24.4. The highest BCUT2D eigenvalue weighted by Gasteiger charge is 2.45. The topological polar surface area (TPSA) is 676 Å². The fraction of sp³-hybridized carbons (Fsp3) is 0.529. The number of aromatic amines is 2. The van der Waals surface area contributed by atoms with Crippen LogP contribution in [0.1, 0.15) is 134 Å². The molecule has 0 aliphatic carbocycles. The summed E-state index contributed by atoms with van der Waals surface area (Å²) in [5.41, 5.74) is 25.4. The standard InChI is InChI=1S/C87H123N23O21S/c1-7-9-23-65-79(124)98-56(22-15-33-93-87(91)92)75(120)105-64(74(119)96-43-70(90)114)45-132-46-71(115)97-59(36-48-27-29-51(112)30-28-48)82(127)106(4)47(3)73(118)101-61(39-69(89)113)85(130)110-35-17-26-67(110)81(126)103-62(40-88)77(122)99-57(31-32-72(116)117)84(129)109-34-16-25-66(109)80(125)100-58(37-49-41-94-54-20-13-11-18-52(49)54)76(121)104-63(44-111)78(123)102-60(38-50-42-95-55-21-14-12-19-53(50)55)83(128)108(6)68(24-10-8-2)86(131)107(65)5/h11-14,18-21,27-30,41-42,47,56-68,94-95,111-112H,7-10,15-17,22-26,31-40,43-46,88H2,1-6H3,(H2,89,113)(H2,90,114)(H,96,119)(H,97,115)(H,98,124)(H,99,122)(H,100,125)(H,101,118)(H,102,123)(H,103,126)(H,104,121)(H,105,120)(H,116,117)(H4,91,92,93)/t47-,56?,57?,58-,59?,60-,61?,62-,63-,64-,65?,66?,67-,68-/m0/s1. The lowest BCUT2D eigenvalue weighted by Gasteiger charge is -2.36. The van der Waals surface area contributed by atoms with Crippen LogP contribution >= 0.6 is 11.8 Å². The first-order chi connectivity index (χ1) is 62.9. The van der Waals surface area contributed by atoms with E-state index in [4.69, 9.17) is 28.3 Å². The number of aromatic hydroxyl groups is 1. The Hall–Kier alpha value is -13.5. The van der Waals surface area contributed by atoms with Gasteiger partial charge in [-0.05, 0) is 106 Å². The summed E-state index contributed by atoms with van der Waals surface area (Å²) in [6.07, 6.45) is 1.74. The molecule has 5 heterocycles. The lowest BCUT2D eigenvalue weighted by Crippen LogP contribution is -2.62. The molecule has 132 heavy (non-hydrogen) atoms. The van der Waals surface area contributed by atoms with E-state index in [-0.39, 0.29) is 96.0 Å². The largest absolute Gasteiger partial charge is 0.508 e. The monoisotopic (exact) mass is 1860 g/mol. The second-order valence-electron chi connectivity index (χ2n) is 33.0. The van der Waals surface area contributed by atoms with E-state index in [0.717, 1.165) is 36.3 Å². The summed E-state index contributed by atoms with van der Waals surface area (Å²) in [6, 6.07) is -2.73. The van der Waals surface area contributed by atoms with E-state index in [1.807, 2.05) is 13.8 Å². The molecule has 718 valence electrons. The van der Waals surface area contributed by atoms with Crippen LogP contribution in [0.4, 0.5) is 0 Å². The summed E-state index contributed by atoms with van der Waals surface area (Å²) >= 11 is 0.749. The average molecular weight is 1860 g/mol. The lowest BCUT2D eigenvalue weighted by molar-refractivity contribution is -0.149. The minimum atomic E-state index is -1.89. The second kappa shape index (κ2) is 50.1. The zero-order chi connectivity index (χ0) is 96.7. The van der Waals surface area contributed by atoms with Gasteiger partial charge in [0.15, 0.2) is 5.96 Å². The third-order valence-corrected chi connectivity index (χ3v) is 24.5. The first-order valence-electron chi connectivity index (χ1n) is 43.9. The molecule has 44 nitrogen and oxygen atoms in total. The van der Waals surface area contributed by atoms with Crippen LogP contribution in [0.2, 0.25) is 0 Å². The van der Waals surface area contributed by atoms with Gasteiger partial charge in [-0.3, -0.25) is 91.7 Å². The van der Waals surface area contributed by atoms with E-state index in [1.165, 1.54) is 52.3 Å². The van der Waals surface area contributed by atoms with Crippen molar-refractivity contribution in [3.05, 3.63) is 102 Å². The first kappa shape index (κ1) is 104. The fourth-order valence-electron chi connectivity index (χ4n) is 16.0. The molecule has 0 saturated carbocycles. The number of unbranched alkanes of at least 4 members (excludes halogenated alkanes) is 2. The third kappa shape index (κ3) is 29.0. The molecule has 8 rings (SSSR count). The minimum absolute atomic E-state index is 0.0178. The number of hydrogen-bond acceptors (Lipinski definition) is 23. The van der Waals surface area contributed by atoms with Gasteiger partial charge in [0.2, 0.25) is 100 Å². The highest BCUT2D eigenvalue weighted by atomic mass is 32.2. The number of primary amides is 2. The molecule has 25 N–H and O–H groups in total. The highest BCUT2D eigenvalue weighted by molar-refractivity contribution is 8.00. The number of benzene rings is 3. The Balaban J connectivity index is 1.18. The molecule has 45 heteroatoms. The quantitative estimate of drug-likeness (QED) is 0.0142. The van der Waals surface area contributed by atoms with E-state index in [2.05, 4.69) is 68.5 Å². The Labute approximate surface area is 765 Å². The summed E-state index contributed by atoms with van der Waals surface area (Å²) in [4.78, 5) is 272. The molecule has 17 amide bonds. The molecule has 5 aromatic rings. The number of H-pyrrole nitrogens is 2. The van der Waals surface area contributed by atoms with Crippen LogP contribution in [0.3, 0.4) is 0 Å². The number of nitrogens with two attached hydrogens (primary N) is 4. The number of aliphatic carboxylic acids is 1. The number of aliphatic hydroxyl groups excluding tert-OH is 1. The van der Waals surface area contributed by atoms with Crippen molar-refractivity contribution in [3.8, 4) is 5.75 Å². The van der Waals surface area contributed by atoms with Crippen LogP contribution in [0.5, 0.6) is 5.75 Å². The molecule has 6 unspecified atom stereocenters. The van der Waals surface area contributed by atoms with Gasteiger partial charge in [0.25, 0.3) is 0 Å². The molecule has 3 fully saturated rings.